The van der Waals surface area contributed by atoms with Gasteiger partial charge < -0.3 is 16.0 Å². The zero-order chi connectivity index (χ0) is 15.0. The zero-order valence-corrected chi connectivity index (χ0v) is 13.2. The molecule has 1 saturated heterocycles. The number of anilines is 2. The van der Waals surface area contributed by atoms with Gasteiger partial charge in [0.25, 0.3) is 0 Å². The van der Waals surface area contributed by atoms with Crippen molar-refractivity contribution in [2.45, 2.75) is 26.3 Å². The van der Waals surface area contributed by atoms with Crippen LogP contribution in [0.5, 0.6) is 0 Å². The number of pyridine rings is 1. The van der Waals surface area contributed by atoms with Gasteiger partial charge in [-0.2, -0.15) is 9.97 Å². The molecule has 0 spiro atoms. The molecule has 21 heavy (non-hydrogen) atoms. The number of nitrogens with one attached hydrogen (secondary N) is 3. The lowest BCUT2D eigenvalue weighted by Gasteiger charge is -2.15. The number of hydrogen-bond donors (Lipinski definition) is 3. The molecule has 1 fully saturated rings. The summed E-state index contributed by atoms with van der Waals surface area (Å²) in [5.74, 6) is 1.36. The molecule has 0 saturated carbocycles. The molecule has 0 radical (unpaired) electrons. The molecule has 2 aromatic rings. The van der Waals surface area contributed by atoms with Crippen LogP contribution in [0.4, 0.5) is 11.8 Å². The molecule has 1 aliphatic rings. The Morgan fingerprint density at radius 1 is 1.24 bits per heavy atom. The van der Waals surface area contributed by atoms with E-state index >= 15 is 0 Å². The van der Waals surface area contributed by atoms with Crippen molar-refractivity contribution in [1.29, 1.82) is 0 Å². The van der Waals surface area contributed by atoms with Crippen LogP contribution in [0, 0.1) is 13.8 Å². The Bertz CT molecular complexity index is 681. The van der Waals surface area contributed by atoms with Gasteiger partial charge in [0.05, 0.1) is 16.1 Å². The van der Waals surface area contributed by atoms with Crippen LogP contribution in [0.1, 0.15) is 17.7 Å². The normalized spacial score (nSPS) is 18.2. The minimum absolute atomic E-state index is 0.363. The molecule has 0 bridgehead atoms. The van der Waals surface area contributed by atoms with Crippen molar-refractivity contribution in [2.75, 3.05) is 30.8 Å². The monoisotopic (exact) mass is 306 g/mol. The Kier molecular flexibility index (Phi) is 3.82. The Balaban J connectivity index is 2.10. The van der Waals surface area contributed by atoms with E-state index in [0.29, 0.717) is 22.7 Å². The van der Waals surface area contributed by atoms with Crippen LogP contribution < -0.4 is 16.0 Å². The van der Waals surface area contributed by atoms with Gasteiger partial charge in [-0.05, 0) is 32.4 Å². The highest BCUT2D eigenvalue weighted by Crippen LogP contribution is 2.30. The van der Waals surface area contributed by atoms with E-state index in [1.807, 2.05) is 20.9 Å². The minimum atomic E-state index is 0.363. The fourth-order valence-corrected chi connectivity index (χ4v) is 2.81. The summed E-state index contributed by atoms with van der Waals surface area (Å²) in [6, 6.07) is 0.363. The Morgan fingerprint density at radius 2 is 2.05 bits per heavy atom. The molecule has 7 heteroatoms. The number of fused-ring (bicyclic) bond motifs is 1. The van der Waals surface area contributed by atoms with Crippen LogP contribution in [-0.2, 0) is 0 Å². The lowest BCUT2D eigenvalue weighted by atomic mass is 10.1. The van der Waals surface area contributed by atoms with Gasteiger partial charge in [0.1, 0.15) is 5.82 Å². The molecule has 1 unspecified atom stereocenters. The summed E-state index contributed by atoms with van der Waals surface area (Å²) in [4.78, 5) is 13.6. The maximum Gasteiger partial charge on any atom is 0.226 e. The molecule has 112 valence electrons. The van der Waals surface area contributed by atoms with Crippen LogP contribution in [0.2, 0.25) is 5.02 Å². The van der Waals surface area contributed by atoms with Gasteiger partial charge >= 0.3 is 0 Å². The minimum Gasteiger partial charge on any atom is -0.372 e. The summed E-state index contributed by atoms with van der Waals surface area (Å²) in [6.07, 6.45) is 1.07. The van der Waals surface area contributed by atoms with E-state index in [0.717, 1.165) is 42.0 Å². The molecular weight excluding hydrogens is 288 g/mol. The maximum absolute atomic E-state index is 6.29. The molecular formula is C14H19ClN6. The highest BCUT2D eigenvalue weighted by atomic mass is 35.5. The van der Waals surface area contributed by atoms with Crippen LogP contribution in [0.15, 0.2) is 0 Å². The van der Waals surface area contributed by atoms with Crippen LogP contribution in [0.3, 0.4) is 0 Å². The first kappa shape index (κ1) is 14.3. The molecule has 3 N–H and O–H groups in total. The highest BCUT2D eigenvalue weighted by molar-refractivity contribution is 6.33. The third-order valence-corrected chi connectivity index (χ3v) is 4.37. The third kappa shape index (κ3) is 2.61. The van der Waals surface area contributed by atoms with E-state index < -0.39 is 0 Å². The molecule has 0 amide bonds. The van der Waals surface area contributed by atoms with E-state index in [-0.39, 0.29) is 0 Å². The van der Waals surface area contributed by atoms with Crippen molar-refractivity contribution in [2.24, 2.45) is 0 Å². The number of aromatic nitrogens is 3. The van der Waals surface area contributed by atoms with Gasteiger partial charge in [-0.3, -0.25) is 0 Å². The van der Waals surface area contributed by atoms with Gasteiger partial charge in [0.2, 0.25) is 5.95 Å². The van der Waals surface area contributed by atoms with Gasteiger partial charge in [-0.1, -0.05) is 11.6 Å². The summed E-state index contributed by atoms with van der Waals surface area (Å²) < 4.78 is 0. The number of rotatable bonds is 3. The Hall–Kier alpha value is -1.66. The van der Waals surface area contributed by atoms with Crippen molar-refractivity contribution >= 4 is 34.4 Å². The zero-order valence-electron chi connectivity index (χ0n) is 12.4. The fraction of sp³-hybridized carbons (Fsp3) is 0.500. The van der Waals surface area contributed by atoms with Gasteiger partial charge in [-0.25, -0.2) is 4.98 Å². The van der Waals surface area contributed by atoms with Crippen LogP contribution in [-0.4, -0.2) is 41.1 Å². The van der Waals surface area contributed by atoms with Crippen molar-refractivity contribution in [3.63, 3.8) is 0 Å². The Labute approximate surface area is 128 Å². The molecule has 0 aromatic carbocycles. The van der Waals surface area contributed by atoms with Crippen molar-refractivity contribution in [1.82, 2.24) is 20.3 Å². The van der Waals surface area contributed by atoms with Crippen molar-refractivity contribution in [3.8, 4) is 0 Å². The fourth-order valence-electron chi connectivity index (χ4n) is 2.67. The predicted molar refractivity (Wildman–Crippen MR) is 86.3 cm³/mol. The largest absolute Gasteiger partial charge is 0.372 e. The van der Waals surface area contributed by atoms with E-state index in [9.17, 15) is 0 Å². The second-order valence-corrected chi connectivity index (χ2v) is 5.69. The Morgan fingerprint density at radius 3 is 2.71 bits per heavy atom. The number of hydrogen-bond acceptors (Lipinski definition) is 6. The molecule has 3 heterocycles. The number of nitrogens with zero attached hydrogens (tertiary/aromatic N) is 3. The van der Waals surface area contributed by atoms with E-state index in [1.54, 1.807) is 0 Å². The average molecular weight is 307 g/mol. The summed E-state index contributed by atoms with van der Waals surface area (Å²) in [5.41, 5.74) is 2.41. The summed E-state index contributed by atoms with van der Waals surface area (Å²) in [5, 5.41) is 11.3. The average Bonchev–Trinajstić information content (AvgIpc) is 2.96. The van der Waals surface area contributed by atoms with E-state index in [4.69, 9.17) is 11.6 Å². The smallest absolute Gasteiger partial charge is 0.226 e. The van der Waals surface area contributed by atoms with E-state index in [2.05, 4.69) is 30.9 Å². The van der Waals surface area contributed by atoms with Crippen LogP contribution >= 0.6 is 11.6 Å². The first-order valence-electron chi connectivity index (χ1n) is 7.09. The number of halogens is 1. The summed E-state index contributed by atoms with van der Waals surface area (Å²) in [6.45, 7) is 5.82. The van der Waals surface area contributed by atoms with E-state index in [1.165, 1.54) is 0 Å². The standard InChI is InChI=1S/C14H19ClN6/c1-7-10-12(16-3)20-14(19-9-4-5-17-6-9)21-13(10)18-8(2)11(7)15/h9,17H,4-6H2,1-3H3,(H2,16,18,19,20,21). The van der Waals surface area contributed by atoms with Crippen molar-refractivity contribution < 1.29 is 0 Å². The first-order valence-corrected chi connectivity index (χ1v) is 7.47. The molecule has 1 atom stereocenters. The van der Waals surface area contributed by atoms with Gasteiger partial charge in [-0.15, -0.1) is 0 Å². The quantitative estimate of drug-likeness (QED) is 0.806. The number of aryl methyl sites for hydroxylation is 2. The molecule has 3 rings (SSSR count). The summed E-state index contributed by atoms with van der Waals surface area (Å²) >= 11 is 6.29. The third-order valence-electron chi connectivity index (χ3n) is 3.82. The highest BCUT2D eigenvalue weighted by Gasteiger charge is 2.18. The topological polar surface area (TPSA) is 74.8 Å². The first-order chi connectivity index (χ1) is 10.1. The molecule has 0 aliphatic carbocycles. The molecule has 1 aliphatic heterocycles. The van der Waals surface area contributed by atoms with Crippen molar-refractivity contribution in [3.05, 3.63) is 16.3 Å². The predicted octanol–water partition coefficient (Wildman–Crippen LogP) is 2.11. The molecule has 2 aromatic heterocycles. The lowest BCUT2D eigenvalue weighted by molar-refractivity contribution is 0.782. The van der Waals surface area contributed by atoms with Crippen LogP contribution in [0.25, 0.3) is 11.0 Å². The van der Waals surface area contributed by atoms with Gasteiger partial charge in [0, 0.05) is 19.6 Å². The second kappa shape index (κ2) is 5.61. The maximum atomic E-state index is 6.29. The lowest BCUT2D eigenvalue weighted by Crippen LogP contribution is -2.23. The van der Waals surface area contributed by atoms with Gasteiger partial charge in [0.15, 0.2) is 5.65 Å². The summed E-state index contributed by atoms with van der Waals surface area (Å²) in [7, 11) is 1.84. The second-order valence-electron chi connectivity index (χ2n) is 5.31. The SMILES string of the molecule is CNc1nc(NC2CCNC2)nc2nc(C)c(Cl)c(C)c12. The molecule has 6 nitrogen and oxygen atoms in total.